The molecule has 1 aromatic rings. The SMILES string of the molecule is CCc1c(OC)cc(OC)c2c1COC2=O. The molecule has 0 saturated heterocycles. The van der Waals surface area contributed by atoms with Crippen LogP contribution in [0.3, 0.4) is 0 Å². The molecular formula is C12H14O4. The zero-order valence-corrected chi connectivity index (χ0v) is 9.62. The lowest BCUT2D eigenvalue weighted by Gasteiger charge is -2.13. The minimum atomic E-state index is -0.316. The monoisotopic (exact) mass is 222 g/mol. The number of hydrogen-bond donors (Lipinski definition) is 0. The van der Waals surface area contributed by atoms with Gasteiger partial charge in [0, 0.05) is 17.2 Å². The number of ether oxygens (including phenoxy) is 3. The van der Waals surface area contributed by atoms with Gasteiger partial charge in [-0.3, -0.25) is 0 Å². The zero-order chi connectivity index (χ0) is 11.7. The molecule has 0 N–H and O–H groups in total. The predicted octanol–water partition coefficient (Wildman–Crippen LogP) is 1.94. The molecular weight excluding hydrogens is 208 g/mol. The van der Waals surface area contributed by atoms with E-state index < -0.39 is 0 Å². The molecule has 1 aliphatic heterocycles. The van der Waals surface area contributed by atoms with Gasteiger partial charge in [0.1, 0.15) is 23.7 Å². The first-order valence-electron chi connectivity index (χ1n) is 5.16. The quantitative estimate of drug-likeness (QED) is 0.733. The van der Waals surface area contributed by atoms with Gasteiger partial charge < -0.3 is 14.2 Å². The second-order valence-corrected chi connectivity index (χ2v) is 3.54. The molecule has 0 radical (unpaired) electrons. The Morgan fingerprint density at radius 1 is 1.31 bits per heavy atom. The molecule has 1 aromatic carbocycles. The summed E-state index contributed by atoms with van der Waals surface area (Å²) >= 11 is 0. The summed E-state index contributed by atoms with van der Waals surface area (Å²) in [5, 5.41) is 0. The van der Waals surface area contributed by atoms with E-state index in [0.29, 0.717) is 17.9 Å². The van der Waals surface area contributed by atoms with Crippen LogP contribution in [0.4, 0.5) is 0 Å². The molecule has 2 rings (SSSR count). The highest BCUT2D eigenvalue weighted by atomic mass is 16.5. The summed E-state index contributed by atoms with van der Waals surface area (Å²) in [6, 6.07) is 1.74. The highest BCUT2D eigenvalue weighted by Crippen LogP contribution is 2.38. The molecule has 0 unspecified atom stereocenters. The first-order valence-corrected chi connectivity index (χ1v) is 5.16. The normalized spacial score (nSPS) is 13.3. The van der Waals surface area contributed by atoms with Gasteiger partial charge in [-0.1, -0.05) is 6.92 Å². The van der Waals surface area contributed by atoms with Crippen molar-refractivity contribution in [2.75, 3.05) is 14.2 Å². The van der Waals surface area contributed by atoms with E-state index in [1.165, 1.54) is 7.11 Å². The number of esters is 1. The fourth-order valence-electron chi connectivity index (χ4n) is 2.05. The zero-order valence-electron chi connectivity index (χ0n) is 9.62. The molecule has 86 valence electrons. The lowest BCUT2D eigenvalue weighted by atomic mass is 9.99. The van der Waals surface area contributed by atoms with Crippen LogP contribution in [0.2, 0.25) is 0 Å². The lowest BCUT2D eigenvalue weighted by Crippen LogP contribution is -2.02. The number of cyclic esters (lactones) is 1. The van der Waals surface area contributed by atoms with E-state index in [1.807, 2.05) is 6.92 Å². The average Bonchev–Trinajstić information content (AvgIpc) is 2.69. The highest BCUT2D eigenvalue weighted by Gasteiger charge is 2.30. The van der Waals surface area contributed by atoms with Crippen molar-refractivity contribution in [3.8, 4) is 11.5 Å². The molecule has 0 amide bonds. The molecule has 0 fully saturated rings. The van der Waals surface area contributed by atoms with E-state index in [0.717, 1.165) is 23.3 Å². The number of methoxy groups -OCH3 is 2. The molecule has 1 aliphatic rings. The third-order valence-electron chi connectivity index (χ3n) is 2.82. The van der Waals surface area contributed by atoms with E-state index >= 15 is 0 Å². The van der Waals surface area contributed by atoms with Crippen LogP contribution in [-0.2, 0) is 17.8 Å². The van der Waals surface area contributed by atoms with Gasteiger partial charge in [-0.15, -0.1) is 0 Å². The van der Waals surface area contributed by atoms with Crippen LogP contribution >= 0.6 is 0 Å². The standard InChI is InChI=1S/C12H14O4/c1-4-7-8-6-16-12(13)11(8)10(15-3)5-9(7)14-2/h5H,4,6H2,1-3H3. The summed E-state index contributed by atoms with van der Waals surface area (Å²) in [5.41, 5.74) is 2.45. The Balaban J connectivity index is 2.69. The highest BCUT2D eigenvalue weighted by molar-refractivity contribution is 5.97. The lowest BCUT2D eigenvalue weighted by molar-refractivity contribution is 0.0532. The molecule has 16 heavy (non-hydrogen) atoms. The van der Waals surface area contributed by atoms with Crippen molar-refractivity contribution in [1.29, 1.82) is 0 Å². The first kappa shape index (κ1) is 10.8. The van der Waals surface area contributed by atoms with Crippen LogP contribution in [0.1, 0.15) is 28.4 Å². The van der Waals surface area contributed by atoms with Crippen molar-refractivity contribution in [2.45, 2.75) is 20.0 Å². The van der Waals surface area contributed by atoms with Crippen LogP contribution in [0.5, 0.6) is 11.5 Å². The molecule has 0 saturated carbocycles. The van der Waals surface area contributed by atoms with Crippen molar-refractivity contribution in [2.24, 2.45) is 0 Å². The van der Waals surface area contributed by atoms with E-state index in [4.69, 9.17) is 14.2 Å². The molecule has 0 atom stereocenters. The number of rotatable bonds is 3. The maximum Gasteiger partial charge on any atom is 0.342 e. The fraction of sp³-hybridized carbons (Fsp3) is 0.417. The number of carbonyl (C=O) groups is 1. The van der Waals surface area contributed by atoms with E-state index in [9.17, 15) is 4.79 Å². The van der Waals surface area contributed by atoms with Crippen LogP contribution in [-0.4, -0.2) is 20.2 Å². The average molecular weight is 222 g/mol. The van der Waals surface area contributed by atoms with Crippen molar-refractivity contribution in [1.82, 2.24) is 0 Å². The first-order chi connectivity index (χ1) is 7.72. The second-order valence-electron chi connectivity index (χ2n) is 3.54. The number of benzene rings is 1. The van der Waals surface area contributed by atoms with Gasteiger partial charge in [0.2, 0.25) is 0 Å². The van der Waals surface area contributed by atoms with Crippen LogP contribution in [0, 0.1) is 0 Å². The van der Waals surface area contributed by atoms with E-state index in [2.05, 4.69) is 0 Å². The second kappa shape index (κ2) is 4.04. The number of fused-ring (bicyclic) bond motifs is 1. The maximum absolute atomic E-state index is 11.6. The molecule has 4 nitrogen and oxygen atoms in total. The maximum atomic E-state index is 11.6. The summed E-state index contributed by atoms with van der Waals surface area (Å²) in [5.74, 6) is 0.951. The van der Waals surface area contributed by atoms with E-state index in [-0.39, 0.29) is 5.97 Å². The minimum Gasteiger partial charge on any atom is -0.496 e. The molecule has 0 spiro atoms. The molecule has 0 bridgehead atoms. The van der Waals surface area contributed by atoms with Crippen LogP contribution in [0.15, 0.2) is 6.07 Å². The molecule has 0 aromatic heterocycles. The van der Waals surface area contributed by atoms with Gasteiger partial charge >= 0.3 is 5.97 Å². The fourth-order valence-corrected chi connectivity index (χ4v) is 2.05. The summed E-state index contributed by atoms with van der Waals surface area (Å²) in [4.78, 5) is 11.6. The van der Waals surface area contributed by atoms with Gasteiger partial charge in [0.05, 0.1) is 14.2 Å². The largest absolute Gasteiger partial charge is 0.496 e. The van der Waals surface area contributed by atoms with Crippen molar-refractivity contribution in [3.63, 3.8) is 0 Å². The predicted molar refractivity (Wildman–Crippen MR) is 58.0 cm³/mol. The van der Waals surface area contributed by atoms with Crippen molar-refractivity contribution in [3.05, 3.63) is 22.8 Å². The van der Waals surface area contributed by atoms with Gasteiger partial charge in [0.15, 0.2) is 0 Å². The number of hydrogen-bond acceptors (Lipinski definition) is 4. The number of carbonyl (C=O) groups excluding carboxylic acids is 1. The third kappa shape index (κ3) is 1.41. The smallest absolute Gasteiger partial charge is 0.342 e. The molecule has 1 heterocycles. The Bertz CT molecular complexity index is 437. The van der Waals surface area contributed by atoms with Gasteiger partial charge in [0.25, 0.3) is 0 Å². The van der Waals surface area contributed by atoms with Crippen molar-refractivity contribution >= 4 is 5.97 Å². The third-order valence-corrected chi connectivity index (χ3v) is 2.82. The summed E-state index contributed by atoms with van der Waals surface area (Å²) in [7, 11) is 3.14. The molecule has 4 heteroatoms. The van der Waals surface area contributed by atoms with Crippen LogP contribution in [0.25, 0.3) is 0 Å². The van der Waals surface area contributed by atoms with Crippen LogP contribution < -0.4 is 9.47 Å². The van der Waals surface area contributed by atoms with Gasteiger partial charge in [-0.05, 0) is 6.42 Å². The summed E-state index contributed by atoms with van der Waals surface area (Å²) < 4.78 is 15.5. The Kier molecular flexibility index (Phi) is 2.73. The summed E-state index contributed by atoms with van der Waals surface area (Å²) in [6.07, 6.45) is 0.798. The Labute approximate surface area is 94.1 Å². The van der Waals surface area contributed by atoms with Gasteiger partial charge in [-0.25, -0.2) is 4.79 Å². The Morgan fingerprint density at radius 3 is 2.56 bits per heavy atom. The van der Waals surface area contributed by atoms with Crippen molar-refractivity contribution < 1.29 is 19.0 Å². The summed E-state index contributed by atoms with van der Waals surface area (Å²) in [6.45, 7) is 2.33. The molecule has 0 aliphatic carbocycles. The van der Waals surface area contributed by atoms with Gasteiger partial charge in [-0.2, -0.15) is 0 Å². The Hall–Kier alpha value is -1.71. The topological polar surface area (TPSA) is 44.8 Å². The Morgan fingerprint density at radius 2 is 2.00 bits per heavy atom. The van der Waals surface area contributed by atoms with E-state index in [1.54, 1.807) is 13.2 Å². The minimum absolute atomic E-state index is 0.310.